The number of nitrogens with zero attached hydrogens (tertiary/aromatic N) is 1. The molecule has 0 aromatic heterocycles. The Morgan fingerprint density at radius 1 is 1.83 bits per heavy atom. The molecule has 0 aliphatic carbocycles. The van der Waals surface area contributed by atoms with Crippen molar-refractivity contribution >= 4 is 5.91 Å². The number of aliphatic hydroxyl groups excluding tert-OH is 1. The zero-order valence-corrected chi connectivity index (χ0v) is 7.36. The molecular formula is C8H16N2O2. The highest BCUT2D eigenvalue weighted by Gasteiger charge is 2.26. The molecule has 0 radical (unpaired) electrons. The van der Waals surface area contributed by atoms with Crippen molar-refractivity contribution in [2.75, 3.05) is 13.1 Å². The van der Waals surface area contributed by atoms with Crippen LogP contribution in [-0.2, 0) is 4.79 Å². The van der Waals surface area contributed by atoms with Crippen LogP contribution in [0.3, 0.4) is 0 Å². The minimum absolute atomic E-state index is 0.0954. The van der Waals surface area contributed by atoms with E-state index in [4.69, 9.17) is 5.73 Å². The van der Waals surface area contributed by atoms with E-state index in [0.717, 1.165) is 6.42 Å². The third-order valence-corrected chi connectivity index (χ3v) is 2.21. The highest BCUT2D eigenvalue weighted by atomic mass is 16.3. The second-order valence-electron chi connectivity index (χ2n) is 3.26. The molecule has 1 fully saturated rings. The van der Waals surface area contributed by atoms with Gasteiger partial charge in [0.1, 0.15) is 6.10 Å². The molecule has 4 nitrogen and oxygen atoms in total. The Morgan fingerprint density at radius 2 is 2.50 bits per heavy atom. The first-order valence-electron chi connectivity index (χ1n) is 4.37. The van der Waals surface area contributed by atoms with Crippen molar-refractivity contribution in [2.24, 2.45) is 5.73 Å². The van der Waals surface area contributed by atoms with E-state index in [1.54, 1.807) is 11.8 Å². The molecule has 0 aromatic carbocycles. The molecule has 1 heterocycles. The summed E-state index contributed by atoms with van der Waals surface area (Å²) in [6, 6.07) is 0.0954. The molecule has 0 aromatic rings. The SMILES string of the molecule is CCC(O)C(=O)N1CCC(N)C1. The topological polar surface area (TPSA) is 66.6 Å². The van der Waals surface area contributed by atoms with E-state index in [1.165, 1.54) is 0 Å². The molecule has 70 valence electrons. The third-order valence-electron chi connectivity index (χ3n) is 2.21. The molecule has 12 heavy (non-hydrogen) atoms. The van der Waals surface area contributed by atoms with Gasteiger partial charge in [-0.2, -0.15) is 0 Å². The van der Waals surface area contributed by atoms with E-state index in [1.807, 2.05) is 0 Å². The molecule has 2 unspecified atom stereocenters. The monoisotopic (exact) mass is 172 g/mol. The summed E-state index contributed by atoms with van der Waals surface area (Å²) in [6.45, 7) is 3.07. The fourth-order valence-corrected chi connectivity index (χ4v) is 1.37. The summed E-state index contributed by atoms with van der Waals surface area (Å²) < 4.78 is 0. The van der Waals surface area contributed by atoms with Crippen LogP contribution in [0.5, 0.6) is 0 Å². The Labute approximate surface area is 72.3 Å². The predicted octanol–water partition coefficient (Wildman–Crippen LogP) is -0.683. The standard InChI is InChI=1S/C8H16N2O2/c1-2-7(11)8(12)10-4-3-6(9)5-10/h6-7,11H,2-5,9H2,1H3. The van der Waals surface area contributed by atoms with Gasteiger partial charge in [-0.3, -0.25) is 4.79 Å². The largest absolute Gasteiger partial charge is 0.383 e. The van der Waals surface area contributed by atoms with Gasteiger partial charge in [0, 0.05) is 19.1 Å². The van der Waals surface area contributed by atoms with Crippen LogP contribution in [0.1, 0.15) is 19.8 Å². The lowest BCUT2D eigenvalue weighted by atomic mass is 10.2. The lowest BCUT2D eigenvalue weighted by Crippen LogP contribution is -2.38. The van der Waals surface area contributed by atoms with Crippen LogP contribution in [0.4, 0.5) is 0 Å². The van der Waals surface area contributed by atoms with Crippen LogP contribution in [-0.4, -0.2) is 41.1 Å². The van der Waals surface area contributed by atoms with Crippen molar-refractivity contribution in [1.82, 2.24) is 4.90 Å². The number of likely N-dealkylation sites (tertiary alicyclic amines) is 1. The first kappa shape index (κ1) is 9.48. The predicted molar refractivity (Wildman–Crippen MR) is 45.5 cm³/mol. The maximum Gasteiger partial charge on any atom is 0.251 e. The normalized spacial score (nSPS) is 25.9. The van der Waals surface area contributed by atoms with E-state index in [9.17, 15) is 9.90 Å². The number of hydrogen-bond donors (Lipinski definition) is 2. The van der Waals surface area contributed by atoms with Crippen LogP contribution in [0.25, 0.3) is 0 Å². The number of rotatable bonds is 2. The van der Waals surface area contributed by atoms with Crippen LogP contribution in [0.2, 0.25) is 0 Å². The number of nitrogens with two attached hydrogens (primary N) is 1. The van der Waals surface area contributed by atoms with Crippen molar-refractivity contribution < 1.29 is 9.90 Å². The van der Waals surface area contributed by atoms with Gasteiger partial charge in [-0.1, -0.05) is 6.92 Å². The number of hydrogen-bond acceptors (Lipinski definition) is 3. The smallest absolute Gasteiger partial charge is 0.251 e. The molecule has 2 atom stereocenters. The van der Waals surface area contributed by atoms with Crippen LogP contribution < -0.4 is 5.73 Å². The van der Waals surface area contributed by atoms with Gasteiger partial charge in [-0.15, -0.1) is 0 Å². The van der Waals surface area contributed by atoms with Gasteiger partial charge < -0.3 is 15.7 Å². The number of carbonyl (C=O) groups is 1. The van der Waals surface area contributed by atoms with Gasteiger partial charge >= 0.3 is 0 Å². The number of amides is 1. The zero-order valence-electron chi connectivity index (χ0n) is 7.36. The summed E-state index contributed by atoms with van der Waals surface area (Å²) in [7, 11) is 0. The lowest BCUT2D eigenvalue weighted by molar-refractivity contribution is -0.139. The highest BCUT2D eigenvalue weighted by Crippen LogP contribution is 2.09. The van der Waals surface area contributed by atoms with Gasteiger partial charge in [-0.05, 0) is 12.8 Å². The fourth-order valence-electron chi connectivity index (χ4n) is 1.37. The van der Waals surface area contributed by atoms with Gasteiger partial charge in [0.15, 0.2) is 0 Å². The van der Waals surface area contributed by atoms with Crippen molar-refractivity contribution in [3.63, 3.8) is 0 Å². The van der Waals surface area contributed by atoms with E-state index in [0.29, 0.717) is 19.5 Å². The van der Waals surface area contributed by atoms with Crippen molar-refractivity contribution in [2.45, 2.75) is 31.9 Å². The van der Waals surface area contributed by atoms with E-state index < -0.39 is 6.10 Å². The molecule has 1 aliphatic heterocycles. The van der Waals surface area contributed by atoms with Crippen LogP contribution >= 0.6 is 0 Å². The van der Waals surface area contributed by atoms with Gasteiger partial charge in [-0.25, -0.2) is 0 Å². The van der Waals surface area contributed by atoms with E-state index in [2.05, 4.69) is 0 Å². The second-order valence-corrected chi connectivity index (χ2v) is 3.26. The number of carbonyl (C=O) groups excluding carboxylic acids is 1. The molecule has 3 N–H and O–H groups in total. The van der Waals surface area contributed by atoms with Gasteiger partial charge in [0.2, 0.25) is 0 Å². The molecule has 1 aliphatic rings. The Morgan fingerprint density at radius 3 is 2.92 bits per heavy atom. The van der Waals surface area contributed by atoms with Gasteiger partial charge in [0.25, 0.3) is 5.91 Å². The quantitative estimate of drug-likeness (QED) is 0.580. The minimum atomic E-state index is -0.838. The Balaban J connectivity index is 2.43. The zero-order chi connectivity index (χ0) is 9.14. The maximum absolute atomic E-state index is 11.3. The Kier molecular flexibility index (Phi) is 3.05. The maximum atomic E-state index is 11.3. The summed E-state index contributed by atoms with van der Waals surface area (Å²) in [6.07, 6.45) is 0.488. The van der Waals surface area contributed by atoms with Gasteiger partial charge in [0.05, 0.1) is 0 Å². The Hall–Kier alpha value is -0.610. The first-order chi connectivity index (χ1) is 5.65. The molecule has 1 saturated heterocycles. The van der Waals surface area contributed by atoms with Crippen molar-refractivity contribution in [3.05, 3.63) is 0 Å². The summed E-state index contributed by atoms with van der Waals surface area (Å²) in [5.41, 5.74) is 5.63. The van der Waals surface area contributed by atoms with Crippen molar-refractivity contribution in [3.8, 4) is 0 Å². The molecular weight excluding hydrogens is 156 g/mol. The third kappa shape index (κ3) is 1.95. The molecule has 1 amide bonds. The average molecular weight is 172 g/mol. The average Bonchev–Trinajstić information content (AvgIpc) is 2.49. The minimum Gasteiger partial charge on any atom is -0.383 e. The molecule has 0 saturated carbocycles. The summed E-state index contributed by atoms with van der Waals surface area (Å²) >= 11 is 0. The molecule has 4 heteroatoms. The highest BCUT2D eigenvalue weighted by molar-refractivity contribution is 5.80. The van der Waals surface area contributed by atoms with Crippen molar-refractivity contribution in [1.29, 1.82) is 0 Å². The van der Waals surface area contributed by atoms with Crippen LogP contribution in [0.15, 0.2) is 0 Å². The lowest BCUT2D eigenvalue weighted by Gasteiger charge is -2.18. The van der Waals surface area contributed by atoms with Crippen LogP contribution in [0, 0.1) is 0 Å². The van der Waals surface area contributed by atoms with E-state index >= 15 is 0 Å². The first-order valence-corrected chi connectivity index (χ1v) is 4.37. The molecule has 1 rings (SSSR count). The molecule has 0 spiro atoms. The van der Waals surface area contributed by atoms with E-state index in [-0.39, 0.29) is 11.9 Å². The number of aliphatic hydroxyl groups is 1. The Bertz CT molecular complexity index is 172. The fraction of sp³-hybridized carbons (Fsp3) is 0.875. The second kappa shape index (κ2) is 3.87. The summed E-state index contributed by atoms with van der Waals surface area (Å²) in [4.78, 5) is 13.0. The summed E-state index contributed by atoms with van der Waals surface area (Å²) in [5, 5.41) is 9.24. The summed E-state index contributed by atoms with van der Waals surface area (Å²) in [5.74, 6) is -0.176. The molecule has 0 bridgehead atoms.